The van der Waals surface area contributed by atoms with Gasteiger partial charge in [-0.05, 0) is 63.2 Å². The molecule has 1 aromatic carbocycles. The Bertz CT molecular complexity index is 912. The van der Waals surface area contributed by atoms with E-state index in [0.29, 0.717) is 30.1 Å². The van der Waals surface area contributed by atoms with Crippen molar-refractivity contribution in [3.8, 4) is 0 Å². The van der Waals surface area contributed by atoms with Gasteiger partial charge in [0.25, 0.3) is 0 Å². The Morgan fingerprint density at radius 2 is 1.76 bits per heavy atom. The fourth-order valence-corrected chi connectivity index (χ4v) is 5.54. The molecule has 3 heterocycles. The van der Waals surface area contributed by atoms with Crippen molar-refractivity contribution in [3.05, 3.63) is 17.9 Å². The average molecular weight is 474 g/mol. The van der Waals surface area contributed by atoms with Gasteiger partial charge in [0.2, 0.25) is 18.2 Å². The van der Waals surface area contributed by atoms with E-state index in [2.05, 4.69) is 15.1 Å². The first-order chi connectivity index (χ1) is 16.4. The van der Waals surface area contributed by atoms with Gasteiger partial charge in [-0.15, -0.1) is 0 Å². The molecular formula is C25H36FN5O3. The zero-order valence-electron chi connectivity index (χ0n) is 20.3. The van der Waals surface area contributed by atoms with E-state index in [9.17, 15) is 14.4 Å². The molecule has 0 saturated carbocycles. The second-order valence-corrected chi connectivity index (χ2v) is 9.85. The molecule has 34 heavy (non-hydrogen) atoms. The van der Waals surface area contributed by atoms with Crippen LogP contribution in [0.2, 0.25) is 0 Å². The highest BCUT2D eigenvalue weighted by Crippen LogP contribution is 2.39. The molecule has 4 rings (SSSR count). The van der Waals surface area contributed by atoms with E-state index in [1.54, 1.807) is 24.1 Å². The molecule has 0 spiro atoms. The molecule has 0 aliphatic carbocycles. The van der Waals surface area contributed by atoms with Crippen molar-refractivity contribution in [1.29, 1.82) is 0 Å². The van der Waals surface area contributed by atoms with E-state index < -0.39 is 17.8 Å². The summed E-state index contributed by atoms with van der Waals surface area (Å²) in [5.74, 6) is -0.531. The number of piperidine rings is 3. The second kappa shape index (κ2) is 10.7. The van der Waals surface area contributed by atoms with Gasteiger partial charge < -0.3 is 19.6 Å². The molecule has 0 radical (unpaired) electrons. The van der Waals surface area contributed by atoms with Crippen LogP contribution in [-0.4, -0.2) is 76.0 Å². The lowest BCUT2D eigenvalue weighted by molar-refractivity contribution is -0.134. The smallest absolute Gasteiger partial charge is 0.249 e. The molecule has 3 aliphatic rings. The van der Waals surface area contributed by atoms with Crippen LogP contribution in [0.1, 0.15) is 44.9 Å². The van der Waals surface area contributed by atoms with Crippen LogP contribution in [0.3, 0.4) is 0 Å². The van der Waals surface area contributed by atoms with Crippen molar-refractivity contribution < 1.29 is 18.8 Å². The van der Waals surface area contributed by atoms with E-state index in [-0.39, 0.29) is 18.0 Å². The highest BCUT2D eigenvalue weighted by atomic mass is 19.1. The van der Waals surface area contributed by atoms with Crippen molar-refractivity contribution in [2.75, 3.05) is 61.5 Å². The number of hydrogen-bond donors (Lipinski definition) is 1. The highest BCUT2D eigenvalue weighted by Gasteiger charge is 2.33. The third-order valence-corrected chi connectivity index (χ3v) is 7.56. The van der Waals surface area contributed by atoms with Crippen LogP contribution in [0.5, 0.6) is 0 Å². The number of benzene rings is 1. The average Bonchev–Trinajstić information content (AvgIpc) is 2.84. The number of nitrogens with one attached hydrogen (secondary N) is 1. The van der Waals surface area contributed by atoms with Gasteiger partial charge in [0.05, 0.1) is 11.4 Å². The summed E-state index contributed by atoms with van der Waals surface area (Å²) in [4.78, 5) is 43.1. The van der Waals surface area contributed by atoms with Crippen molar-refractivity contribution in [1.82, 2.24) is 10.2 Å². The van der Waals surface area contributed by atoms with Crippen LogP contribution >= 0.6 is 0 Å². The Morgan fingerprint density at radius 3 is 2.41 bits per heavy atom. The summed E-state index contributed by atoms with van der Waals surface area (Å²) < 4.78 is 15.9. The fraction of sp³-hybridized carbons (Fsp3) is 0.640. The molecule has 3 saturated heterocycles. The fourth-order valence-electron chi connectivity index (χ4n) is 5.54. The lowest BCUT2D eigenvalue weighted by Gasteiger charge is -2.38. The molecule has 1 N–H and O–H groups in total. The zero-order valence-corrected chi connectivity index (χ0v) is 20.3. The normalized spacial score (nSPS) is 22.4. The van der Waals surface area contributed by atoms with Crippen LogP contribution in [0.25, 0.3) is 0 Å². The quantitative estimate of drug-likeness (QED) is 0.484. The third kappa shape index (κ3) is 5.19. The first-order valence-corrected chi connectivity index (χ1v) is 12.4. The highest BCUT2D eigenvalue weighted by molar-refractivity contribution is 6.02. The minimum Gasteiger partial charge on any atom is -0.369 e. The van der Waals surface area contributed by atoms with Gasteiger partial charge in [0.15, 0.2) is 5.82 Å². The van der Waals surface area contributed by atoms with Gasteiger partial charge in [-0.1, -0.05) is 6.42 Å². The number of imide groups is 1. The van der Waals surface area contributed by atoms with Crippen molar-refractivity contribution in [2.24, 2.45) is 5.92 Å². The van der Waals surface area contributed by atoms with E-state index >= 15 is 4.39 Å². The van der Waals surface area contributed by atoms with Gasteiger partial charge >= 0.3 is 0 Å². The molecule has 0 bridgehead atoms. The lowest BCUT2D eigenvalue weighted by Crippen LogP contribution is -2.51. The maximum atomic E-state index is 15.9. The number of hydrogen-bond acceptors (Lipinski definition) is 6. The van der Waals surface area contributed by atoms with Crippen molar-refractivity contribution in [2.45, 2.75) is 51.0 Å². The number of nitrogens with zero attached hydrogens (tertiary/aromatic N) is 4. The summed E-state index contributed by atoms with van der Waals surface area (Å²) in [6, 6.07) is 2.92. The van der Waals surface area contributed by atoms with Gasteiger partial charge in [-0.25, -0.2) is 4.39 Å². The van der Waals surface area contributed by atoms with Gasteiger partial charge in [-0.3, -0.25) is 19.7 Å². The molecule has 1 unspecified atom stereocenters. The van der Waals surface area contributed by atoms with Gasteiger partial charge in [-0.2, -0.15) is 0 Å². The molecule has 8 nitrogen and oxygen atoms in total. The van der Waals surface area contributed by atoms with Crippen LogP contribution in [0, 0.1) is 11.7 Å². The van der Waals surface area contributed by atoms with Crippen LogP contribution in [0.15, 0.2) is 12.1 Å². The van der Waals surface area contributed by atoms with E-state index in [1.807, 2.05) is 0 Å². The monoisotopic (exact) mass is 473 g/mol. The lowest BCUT2D eigenvalue weighted by atomic mass is 9.94. The standard InChI is InChI=1S/C25H36FN5O3/c1-28(17-32)24-20(29(2)21-8-9-22(33)27-25(21)34)7-6-19(23(24)26)31-14-10-18(11-15-31)16-30-12-4-3-5-13-30/h6-7,17-18,21H,3-5,8-16H2,1-2H3,(H,27,33,34). The van der Waals surface area contributed by atoms with Gasteiger partial charge in [0, 0.05) is 40.2 Å². The number of carbonyl (C=O) groups is 3. The summed E-state index contributed by atoms with van der Waals surface area (Å²) in [6.07, 6.45) is 7.11. The van der Waals surface area contributed by atoms with Crippen LogP contribution in [0.4, 0.5) is 21.5 Å². The van der Waals surface area contributed by atoms with Gasteiger partial charge in [0.1, 0.15) is 11.7 Å². The first kappa shape index (κ1) is 24.4. The van der Waals surface area contributed by atoms with E-state index in [4.69, 9.17) is 0 Å². The third-order valence-electron chi connectivity index (χ3n) is 7.56. The summed E-state index contributed by atoms with van der Waals surface area (Å²) in [6.45, 7) is 5.08. The number of amides is 3. The Morgan fingerprint density at radius 1 is 1.06 bits per heavy atom. The zero-order chi connectivity index (χ0) is 24.2. The molecule has 3 fully saturated rings. The predicted molar refractivity (Wildman–Crippen MR) is 131 cm³/mol. The SMILES string of the molecule is CN(C=O)c1c(N(C)C2CCC(=O)NC2=O)ccc(N2CCC(CN3CCCCC3)CC2)c1F. The number of anilines is 3. The molecule has 186 valence electrons. The Kier molecular flexibility index (Phi) is 7.70. The molecule has 1 aromatic rings. The van der Waals surface area contributed by atoms with Crippen LogP contribution in [-0.2, 0) is 14.4 Å². The summed E-state index contributed by atoms with van der Waals surface area (Å²) >= 11 is 0. The van der Waals surface area contributed by atoms with E-state index in [0.717, 1.165) is 32.5 Å². The Labute approximate surface area is 201 Å². The summed E-state index contributed by atoms with van der Waals surface area (Å²) in [5, 5.41) is 2.35. The van der Waals surface area contributed by atoms with E-state index in [1.165, 1.54) is 44.3 Å². The number of carbonyl (C=O) groups excluding carboxylic acids is 3. The topological polar surface area (TPSA) is 76.2 Å². The maximum Gasteiger partial charge on any atom is 0.249 e. The molecule has 3 amide bonds. The minimum absolute atomic E-state index is 0.148. The second-order valence-electron chi connectivity index (χ2n) is 9.85. The number of rotatable bonds is 7. The minimum atomic E-state index is -0.604. The van der Waals surface area contributed by atoms with Crippen LogP contribution < -0.4 is 20.0 Å². The Balaban J connectivity index is 1.50. The molecule has 9 heteroatoms. The Hall–Kier alpha value is -2.68. The number of likely N-dealkylation sites (N-methyl/N-ethyl adjacent to an activating group) is 1. The first-order valence-electron chi connectivity index (χ1n) is 12.4. The summed E-state index contributed by atoms with van der Waals surface area (Å²) in [5.41, 5.74) is 1.08. The summed E-state index contributed by atoms with van der Waals surface area (Å²) in [7, 11) is 3.21. The van der Waals surface area contributed by atoms with Crippen molar-refractivity contribution >= 4 is 35.3 Å². The molecule has 0 aromatic heterocycles. The number of halogens is 1. The largest absolute Gasteiger partial charge is 0.369 e. The maximum absolute atomic E-state index is 15.9. The predicted octanol–water partition coefficient (Wildman–Crippen LogP) is 2.36. The molecular weight excluding hydrogens is 437 g/mol. The van der Waals surface area contributed by atoms with Crippen molar-refractivity contribution in [3.63, 3.8) is 0 Å². The molecule has 3 aliphatic heterocycles. The molecule has 1 atom stereocenters. The number of likely N-dealkylation sites (tertiary alicyclic amines) is 1.